The SMILES string of the molecule is C1=Cc2c(c3ccccc3n2-c2ccc3c4ccccc4n(-c4cccc(-c5ccc(-c6cccc(-c7cccc(-c8cccc(-c9ccccc9)c8)c7)c6)cc5)c4)c3c2)CC1. The topological polar surface area (TPSA) is 9.86 Å². The lowest BCUT2D eigenvalue weighted by Gasteiger charge is -2.14. The summed E-state index contributed by atoms with van der Waals surface area (Å²) >= 11 is 0. The predicted molar refractivity (Wildman–Crippen MR) is 262 cm³/mol. The van der Waals surface area contributed by atoms with Crippen LogP contribution >= 0.6 is 0 Å². The number of hydrogen-bond donors (Lipinski definition) is 0. The Hall–Kier alpha value is -7.94. The molecule has 0 spiro atoms. The summed E-state index contributed by atoms with van der Waals surface area (Å²) in [5.74, 6) is 0. The number of nitrogens with zero attached hydrogens (tertiary/aromatic N) is 2. The molecule has 0 amide bonds. The molecule has 9 aromatic carbocycles. The van der Waals surface area contributed by atoms with Gasteiger partial charge >= 0.3 is 0 Å². The molecular formula is C60H42N2. The van der Waals surface area contributed by atoms with Crippen molar-refractivity contribution in [2.45, 2.75) is 12.8 Å². The van der Waals surface area contributed by atoms with Crippen molar-refractivity contribution < 1.29 is 0 Å². The molecule has 2 heterocycles. The fourth-order valence-electron chi connectivity index (χ4n) is 9.79. The predicted octanol–water partition coefficient (Wildman–Crippen LogP) is 16.0. The third-order valence-corrected chi connectivity index (χ3v) is 12.8. The molecule has 0 radical (unpaired) electrons. The van der Waals surface area contributed by atoms with E-state index in [1.165, 1.54) is 105 Å². The fraction of sp³-hybridized carbons (Fsp3) is 0.0333. The maximum Gasteiger partial charge on any atom is 0.0561 e. The molecule has 1 aliphatic rings. The highest BCUT2D eigenvalue weighted by Gasteiger charge is 2.20. The molecule has 0 saturated carbocycles. The van der Waals surface area contributed by atoms with Gasteiger partial charge in [-0.05, 0) is 135 Å². The second-order valence-electron chi connectivity index (χ2n) is 16.4. The standard InChI is InChI=1S/C60H42N2/c1-2-14-41(15-3-1)44-16-10-18-46(36-44)48-20-12-21-49(38-48)47-19-11-17-45(37-47)42-30-32-43(33-31-42)50-22-13-23-51(39-50)62-59-29-9-6-26-55(59)56-35-34-52(40-60(56)62)61-57-27-7-4-24-53(57)54-25-5-8-28-58(54)61/h1-4,6-24,26-40H,5,25H2. The van der Waals surface area contributed by atoms with Crippen LogP contribution in [0.15, 0.2) is 224 Å². The van der Waals surface area contributed by atoms with Crippen LogP contribution in [0.4, 0.5) is 0 Å². The molecule has 0 saturated heterocycles. The third-order valence-electron chi connectivity index (χ3n) is 12.8. The summed E-state index contributed by atoms with van der Waals surface area (Å²) in [5.41, 5.74) is 20.8. The zero-order chi connectivity index (χ0) is 41.0. The molecule has 2 heteroatoms. The number of aromatic nitrogens is 2. The van der Waals surface area contributed by atoms with Gasteiger partial charge in [0, 0.05) is 33.2 Å². The Balaban J connectivity index is 0.874. The second-order valence-corrected chi connectivity index (χ2v) is 16.4. The van der Waals surface area contributed by atoms with Gasteiger partial charge in [0.15, 0.2) is 0 Å². The van der Waals surface area contributed by atoms with Gasteiger partial charge < -0.3 is 9.13 Å². The summed E-state index contributed by atoms with van der Waals surface area (Å²) in [6.45, 7) is 0. The average molecular weight is 791 g/mol. The van der Waals surface area contributed by atoms with Crippen LogP contribution in [-0.2, 0) is 6.42 Å². The third kappa shape index (κ3) is 6.19. The van der Waals surface area contributed by atoms with Gasteiger partial charge in [-0.1, -0.05) is 170 Å². The molecule has 0 aliphatic heterocycles. The summed E-state index contributed by atoms with van der Waals surface area (Å²) in [7, 11) is 0. The number of hydrogen-bond acceptors (Lipinski definition) is 0. The monoisotopic (exact) mass is 790 g/mol. The maximum absolute atomic E-state index is 2.46. The summed E-state index contributed by atoms with van der Waals surface area (Å²) in [5, 5.41) is 3.87. The van der Waals surface area contributed by atoms with Crippen molar-refractivity contribution >= 4 is 38.8 Å². The van der Waals surface area contributed by atoms with Crippen LogP contribution in [0.1, 0.15) is 17.7 Å². The van der Waals surface area contributed by atoms with E-state index in [1.807, 2.05) is 0 Å². The summed E-state index contributed by atoms with van der Waals surface area (Å²) in [6, 6.07) is 80.0. The number of para-hydroxylation sites is 2. The first-order valence-electron chi connectivity index (χ1n) is 21.6. The van der Waals surface area contributed by atoms with E-state index in [9.17, 15) is 0 Å². The van der Waals surface area contributed by atoms with Crippen LogP contribution in [0.2, 0.25) is 0 Å². The Morgan fingerprint density at radius 2 is 0.742 bits per heavy atom. The van der Waals surface area contributed by atoms with Crippen LogP contribution in [0, 0.1) is 0 Å². The molecule has 2 nitrogen and oxygen atoms in total. The van der Waals surface area contributed by atoms with Crippen molar-refractivity contribution in [1.29, 1.82) is 0 Å². The van der Waals surface area contributed by atoms with E-state index < -0.39 is 0 Å². The largest absolute Gasteiger partial charge is 0.310 e. The number of aryl methyl sites for hydroxylation is 1. The van der Waals surface area contributed by atoms with Crippen LogP contribution < -0.4 is 0 Å². The minimum Gasteiger partial charge on any atom is -0.310 e. The molecule has 0 atom stereocenters. The number of allylic oxidation sites excluding steroid dienone is 1. The molecule has 62 heavy (non-hydrogen) atoms. The molecule has 0 unspecified atom stereocenters. The van der Waals surface area contributed by atoms with Gasteiger partial charge in [-0.3, -0.25) is 0 Å². The molecule has 2 aromatic heterocycles. The van der Waals surface area contributed by atoms with Gasteiger partial charge in [0.05, 0.1) is 16.6 Å². The molecule has 11 aromatic rings. The first-order chi connectivity index (χ1) is 30.7. The zero-order valence-electron chi connectivity index (χ0n) is 34.2. The maximum atomic E-state index is 2.46. The molecule has 0 bridgehead atoms. The highest BCUT2D eigenvalue weighted by molar-refractivity contribution is 6.10. The molecule has 12 rings (SSSR count). The molecule has 292 valence electrons. The van der Waals surface area contributed by atoms with Crippen LogP contribution in [0.25, 0.3) is 106 Å². The molecule has 0 fully saturated rings. The summed E-state index contributed by atoms with van der Waals surface area (Å²) in [6.07, 6.45) is 6.79. The number of benzene rings is 9. The van der Waals surface area contributed by atoms with E-state index in [1.54, 1.807) is 0 Å². The highest BCUT2D eigenvalue weighted by Crippen LogP contribution is 2.39. The fourth-order valence-corrected chi connectivity index (χ4v) is 9.79. The quantitative estimate of drug-likeness (QED) is 0.152. The van der Waals surface area contributed by atoms with Gasteiger partial charge in [0.25, 0.3) is 0 Å². The van der Waals surface area contributed by atoms with Crippen LogP contribution in [0.5, 0.6) is 0 Å². The van der Waals surface area contributed by atoms with E-state index in [-0.39, 0.29) is 0 Å². The lowest BCUT2D eigenvalue weighted by Crippen LogP contribution is -2.01. The van der Waals surface area contributed by atoms with E-state index in [4.69, 9.17) is 0 Å². The van der Waals surface area contributed by atoms with Crippen molar-refractivity contribution in [1.82, 2.24) is 9.13 Å². The van der Waals surface area contributed by atoms with Crippen molar-refractivity contribution in [2.24, 2.45) is 0 Å². The average Bonchev–Trinajstić information content (AvgIpc) is 3.87. The van der Waals surface area contributed by atoms with Crippen molar-refractivity contribution in [3.8, 4) is 67.0 Å². The Labute approximate surface area is 361 Å². The minimum atomic E-state index is 1.07. The van der Waals surface area contributed by atoms with Gasteiger partial charge in [-0.2, -0.15) is 0 Å². The van der Waals surface area contributed by atoms with Crippen molar-refractivity contribution in [3.05, 3.63) is 236 Å². The molecule has 1 aliphatic carbocycles. The zero-order valence-corrected chi connectivity index (χ0v) is 34.2. The Morgan fingerprint density at radius 3 is 1.37 bits per heavy atom. The van der Waals surface area contributed by atoms with Crippen LogP contribution in [0.3, 0.4) is 0 Å². The smallest absolute Gasteiger partial charge is 0.0561 e. The summed E-state index contributed by atoms with van der Waals surface area (Å²) in [4.78, 5) is 0. The van der Waals surface area contributed by atoms with E-state index in [0.717, 1.165) is 18.5 Å². The highest BCUT2D eigenvalue weighted by atomic mass is 15.0. The van der Waals surface area contributed by atoms with E-state index in [2.05, 4.69) is 240 Å². The van der Waals surface area contributed by atoms with Crippen LogP contribution in [-0.4, -0.2) is 9.13 Å². The lowest BCUT2D eigenvalue weighted by atomic mass is 9.94. The first-order valence-corrected chi connectivity index (χ1v) is 21.6. The first kappa shape index (κ1) is 36.0. The Bertz CT molecular complexity index is 3510. The van der Waals surface area contributed by atoms with E-state index >= 15 is 0 Å². The van der Waals surface area contributed by atoms with Gasteiger partial charge in [0.1, 0.15) is 0 Å². The lowest BCUT2D eigenvalue weighted by molar-refractivity contribution is 0.968. The molecule has 0 N–H and O–H groups in total. The Morgan fingerprint density at radius 1 is 0.290 bits per heavy atom. The molecular weight excluding hydrogens is 749 g/mol. The van der Waals surface area contributed by atoms with Crippen molar-refractivity contribution in [3.63, 3.8) is 0 Å². The summed E-state index contributed by atoms with van der Waals surface area (Å²) < 4.78 is 4.90. The Kier molecular flexibility index (Phi) is 8.67. The van der Waals surface area contributed by atoms with Gasteiger partial charge in [-0.25, -0.2) is 0 Å². The normalized spacial score (nSPS) is 12.3. The number of fused-ring (bicyclic) bond motifs is 6. The van der Waals surface area contributed by atoms with Crippen molar-refractivity contribution in [2.75, 3.05) is 0 Å². The van der Waals surface area contributed by atoms with Gasteiger partial charge in [0.2, 0.25) is 0 Å². The van der Waals surface area contributed by atoms with Gasteiger partial charge in [-0.15, -0.1) is 0 Å². The minimum absolute atomic E-state index is 1.07. The van der Waals surface area contributed by atoms with E-state index in [0.29, 0.717) is 0 Å². The second kappa shape index (κ2) is 15.0. The number of rotatable bonds is 7.